The van der Waals surface area contributed by atoms with Gasteiger partial charge in [0.25, 0.3) is 0 Å². The fraction of sp³-hybridized carbons (Fsp3) is 0.615. The summed E-state index contributed by atoms with van der Waals surface area (Å²) in [6.07, 6.45) is 8.34. The van der Waals surface area contributed by atoms with Gasteiger partial charge in [0.05, 0.1) is 11.7 Å². The summed E-state index contributed by atoms with van der Waals surface area (Å²) in [6.45, 7) is 15.4. The lowest BCUT2D eigenvalue weighted by Gasteiger charge is -2.49. The van der Waals surface area contributed by atoms with Crippen LogP contribution in [0.1, 0.15) is 66.2 Å². The Kier molecular flexibility index (Phi) is 9.48. The molecule has 1 unspecified atom stereocenters. The summed E-state index contributed by atoms with van der Waals surface area (Å²) < 4.78 is 7.13. The molecule has 0 aromatic heterocycles. The van der Waals surface area contributed by atoms with Crippen LogP contribution in [0.3, 0.4) is 0 Å². The van der Waals surface area contributed by atoms with E-state index in [4.69, 9.17) is 4.43 Å². The van der Waals surface area contributed by atoms with E-state index in [1.807, 2.05) is 11.8 Å². The highest BCUT2D eigenvalue weighted by Gasteiger charge is 2.48. The van der Waals surface area contributed by atoms with E-state index < -0.39 is 14.4 Å². The molecule has 30 heavy (non-hydrogen) atoms. The minimum Gasteiger partial charge on any atom is -0.407 e. The molecule has 0 amide bonds. The maximum Gasteiger partial charge on any atom is 0.185 e. The van der Waals surface area contributed by atoms with Crippen molar-refractivity contribution in [1.29, 1.82) is 0 Å². The lowest BCUT2D eigenvalue weighted by atomic mass is 9.71. The fourth-order valence-electron chi connectivity index (χ4n) is 4.46. The fourth-order valence-corrected chi connectivity index (χ4v) is 7.29. The normalized spacial score (nSPS) is 23.9. The lowest BCUT2D eigenvalue weighted by Crippen LogP contribution is -2.51. The van der Waals surface area contributed by atoms with E-state index in [2.05, 4.69) is 83.7 Å². The third-order valence-corrected chi connectivity index (χ3v) is 8.29. The van der Waals surface area contributed by atoms with Crippen molar-refractivity contribution in [2.75, 3.05) is 0 Å². The average molecular weight is 447 g/mol. The van der Waals surface area contributed by atoms with Crippen LogP contribution in [0.5, 0.6) is 0 Å². The Bertz CT molecular complexity index is 731. The summed E-state index contributed by atoms with van der Waals surface area (Å²) in [5.74, 6) is 0.330. The number of hydrogen-bond donors (Lipinski definition) is 1. The van der Waals surface area contributed by atoms with Gasteiger partial charge in [0.15, 0.2) is 8.32 Å². The summed E-state index contributed by atoms with van der Waals surface area (Å²) in [5.41, 5.74) is 2.04. The molecule has 1 aromatic carbocycles. The third-order valence-electron chi connectivity index (χ3n) is 6.07. The van der Waals surface area contributed by atoms with Crippen molar-refractivity contribution in [2.45, 2.75) is 102 Å². The van der Waals surface area contributed by atoms with Gasteiger partial charge in [0.1, 0.15) is 0 Å². The molecule has 0 saturated heterocycles. The maximum absolute atomic E-state index is 11.0. The molecule has 4 heteroatoms. The molecule has 168 valence electrons. The molecule has 1 aliphatic carbocycles. The number of hydrogen-bond acceptors (Lipinski definition) is 3. The Hall–Kier alpha value is -0.813. The molecule has 0 aliphatic heterocycles. The largest absolute Gasteiger partial charge is 0.407 e. The average Bonchev–Trinajstić information content (AvgIpc) is 2.68. The van der Waals surface area contributed by atoms with Crippen LogP contribution in [0.2, 0.25) is 19.6 Å². The van der Waals surface area contributed by atoms with Gasteiger partial charge in [-0.1, -0.05) is 61.4 Å². The van der Waals surface area contributed by atoms with Crippen LogP contribution in [0.25, 0.3) is 0 Å². The molecular weight excluding hydrogens is 404 g/mol. The predicted molar refractivity (Wildman–Crippen MR) is 134 cm³/mol. The van der Waals surface area contributed by atoms with Crippen LogP contribution >= 0.6 is 11.8 Å². The summed E-state index contributed by atoms with van der Waals surface area (Å²) >= 11 is 1.87. The maximum atomic E-state index is 11.0. The lowest BCUT2D eigenvalue weighted by molar-refractivity contribution is -0.0106. The first-order valence-corrected chi connectivity index (χ1v) is 15.8. The molecule has 1 aliphatic rings. The summed E-state index contributed by atoms with van der Waals surface area (Å²) in [6, 6.07) is 10.7. The first kappa shape index (κ1) is 25.4. The van der Waals surface area contributed by atoms with Gasteiger partial charge in [0, 0.05) is 9.80 Å². The third kappa shape index (κ3) is 6.85. The van der Waals surface area contributed by atoms with E-state index in [-0.39, 0.29) is 5.60 Å². The Morgan fingerprint density at radius 2 is 1.87 bits per heavy atom. The van der Waals surface area contributed by atoms with Gasteiger partial charge in [-0.3, -0.25) is 0 Å². The zero-order chi connectivity index (χ0) is 22.4. The number of rotatable bonds is 9. The molecule has 3 atom stereocenters. The van der Waals surface area contributed by atoms with Crippen LogP contribution in [0, 0.1) is 5.92 Å². The minimum atomic E-state index is -1.82. The molecule has 0 heterocycles. The molecular formula is C26H42O2SSi. The SMILES string of the molecule is CC/C=C(\Sc1ccccc1)[C@@]1(O[Si](C)(C)C)CCCC[C@@H]1CC(O)C(C)=C(C)C. The Morgan fingerprint density at radius 3 is 2.43 bits per heavy atom. The van der Waals surface area contributed by atoms with Crippen molar-refractivity contribution < 1.29 is 9.53 Å². The van der Waals surface area contributed by atoms with Crippen molar-refractivity contribution in [3.8, 4) is 0 Å². The molecule has 0 radical (unpaired) electrons. The minimum absolute atomic E-state index is 0.290. The van der Waals surface area contributed by atoms with Gasteiger partial charge in [-0.25, -0.2) is 0 Å². The van der Waals surface area contributed by atoms with E-state index in [9.17, 15) is 5.11 Å². The predicted octanol–water partition coefficient (Wildman–Crippen LogP) is 7.96. The van der Waals surface area contributed by atoms with Crippen LogP contribution in [0.15, 0.2) is 57.4 Å². The Labute approximate surface area is 190 Å². The van der Waals surface area contributed by atoms with Crippen molar-refractivity contribution in [3.63, 3.8) is 0 Å². The van der Waals surface area contributed by atoms with Crippen LogP contribution < -0.4 is 0 Å². The van der Waals surface area contributed by atoms with Gasteiger partial charge in [0.2, 0.25) is 0 Å². The van der Waals surface area contributed by atoms with E-state index in [0.717, 1.165) is 31.3 Å². The molecule has 1 aromatic rings. The Balaban J connectivity index is 2.49. The second-order valence-electron chi connectivity index (χ2n) is 9.87. The van der Waals surface area contributed by atoms with Crippen molar-refractivity contribution in [3.05, 3.63) is 52.5 Å². The monoisotopic (exact) mass is 446 g/mol. The highest BCUT2D eigenvalue weighted by molar-refractivity contribution is 8.03. The highest BCUT2D eigenvalue weighted by Crippen LogP contribution is 2.51. The topological polar surface area (TPSA) is 29.5 Å². The van der Waals surface area contributed by atoms with Crippen molar-refractivity contribution in [2.24, 2.45) is 5.92 Å². The van der Waals surface area contributed by atoms with Crippen LogP contribution in [0.4, 0.5) is 0 Å². The Morgan fingerprint density at radius 1 is 1.20 bits per heavy atom. The molecule has 1 N–H and O–H groups in total. The van der Waals surface area contributed by atoms with Crippen LogP contribution in [-0.4, -0.2) is 25.1 Å². The number of benzene rings is 1. The first-order chi connectivity index (χ1) is 14.1. The standard InChI is InChI=1S/C26H42O2SSi/c1-8-14-25(29-23-16-10-9-11-17-23)26(28-30(5,6)7)18-13-12-15-22(26)19-24(27)21(4)20(2)3/h9-11,14,16-17,22,24,27H,8,12-13,15,18-19H2,1-7H3/b25-14-/t22-,24?,26-/m1/s1. The number of allylic oxidation sites excluding steroid dienone is 2. The van der Waals surface area contributed by atoms with Crippen molar-refractivity contribution in [1.82, 2.24) is 0 Å². The summed E-state index contributed by atoms with van der Waals surface area (Å²) in [7, 11) is -1.82. The second-order valence-corrected chi connectivity index (χ2v) is 15.4. The quantitative estimate of drug-likeness (QED) is 0.237. The van der Waals surface area contributed by atoms with E-state index >= 15 is 0 Å². The molecule has 2 rings (SSSR count). The van der Waals surface area contributed by atoms with Gasteiger partial charge in [-0.05, 0) is 89.7 Å². The summed E-state index contributed by atoms with van der Waals surface area (Å²) in [5, 5.41) is 11.0. The van der Waals surface area contributed by atoms with Gasteiger partial charge in [-0.15, -0.1) is 0 Å². The molecule has 1 fully saturated rings. The zero-order valence-corrected chi connectivity index (χ0v) is 21.9. The van der Waals surface area contributed by atoms with Gasteiger partial charge in [-0.2, -0.15) is 0 Å². The molecule has 0 bridgehead atoms. The van der Waals surface area contributed by atoms with Crippen molar-refractivity contribution >= 4 is 20.1 Å². The van der Waals surface area contributed by atoms with Gasteiger partial charge < -0.3 is 9.53 Å². The van der Waals surface area contributed by atoms with Crippen LogP contribution in [-0.2, 0) is 4.43 Å². The smallest absolute Gasteiger partial charge is 0.185 e. The molecule has 1 saturated carbocycles. The van der Waals surface area contributed by atoms with E-state index in [1.54, 1.807) is 0 Å². The zero-order valence-electron chi connectivity index (χ0n) is 20.1. The van der Waals surface area contributed by atoms with Gasteiger partial charge >= 0.3 is 0 Å². The van der Waals surface area contributed by atoms with E-state index in [1.165, 1.54) is 28.2 Å². The van der Waals surface area contributed by atoms with E-state index in [0.29, 0.717) is 5.92 Å². The summed E-state index contributed by atoms with van der Waals surface area (Å²) in [4.78, 5) is 2.62. The first-order valence-electron chi connectivity index (χ1n) is 11.5. The number of aliphatic hydroxyl groups excluding tert-OH is 1. The molecule has 2 nitrogen and oxygen atoms in total. The number of thioether (sulfide) groups is 1. The second kappa shape index (κ2) is 11.2. The highest BCUT2D eigenvalue weighted by atomic mass is 32.2. The number of aliphatic hydroxyl groups is 1. The molecule has 0 spiro atoms.